The Morgan fingerprint density at radius 2 is 2.00 bits per heavy atom. The Hall–Kier alpha value is -2.96. The Morgan fingerprint density at radius 3 is 2.61 bits per heavy atom. The molecule has 23 heavy (non-hydrogen) atoms. The minimum absolute atomic E-state index is 0.0679. The number of ether oxygens (including phenoxy) is 2. The molecule has 7 nitrogen and oxygen atoms in total. The minimum atomic E-state index is -1.13. The van der Waals surface area contributed by atoms with Gasteiger partial charge in [0.2, 0.25) is 11.7 Å². The van der Waals surface area contributed by atoms with E-state index in [4.69, 9.17) is 19.0 Å². The van der Waals surface area contributed by atoms with Crippen LogP contribution >= 0.6 is 0 Å². The molecule has 0 aliphatic heterocycles. The first-order valence-electron chi connectivity index (χ1n) is 6.85. The molecule has 0 saturated carbocycles. The van der Waals surface area contributed by atoms with Gasteiger partial charge in [0.1, 0.15) is 12.4 Å². The third kappa shape index (κ3) is 4.26. The lowest BCUT2D eigenvalue weighted by atomic mass is 10.1. The van der Waals surface area contributed by atoms with Gasteiger partial charge in [0.15, 0.2) is 11.5 Å². The number of aromatic carboxylic acids is 1. The Kier molecular flexibility index (Phi) is 5.24. The lowest BCUT2D eigenvalue weighted by Gasteiger charge is -2.11. The van der Waals surface area contributed by atoms with Gasteiger partial charge in [0, 0.05) is 7.05 Å². The zero-order valence-electron chi connectivity index (χ0n) is 12.8. The van der Waals surface area contributed by atoms with Crippen molar-refractivity contribution >= 4 is 11.9 Å². The van der Waals surface area contributed by atoms with Gasteiger partial charge in [-0.3, -0.25) is 4.79 Å². The molecule has 0 bridgehead atoms. The average molecular weight is 319 g/mol. The summed E-state index contributed by atoms with van der Waals surface area (Å²) >= 11 is 0. The largest absolute Gasteiger partial charge is 0.493 e. The van der Waals surface area contributed by atoms with E-state index in [9.17, 15) is 9.59 Å². The summed E-state index contributed by atoms with van der Waals surface area (Å²) in [6.07, 6.45) is 0.243. The van der Waals surface area contributed by atoms with Crippen LogP contribution in [0.2, 0.25) is 0 Å². The van der Waals surface area contributed by atoms with Crippen molar-refractivity contribution in [2.45, 2.75) is 13.0 Å². The molecule has 0 spiro atoms. The lowest BCUT2D eigenvalue weighted by Crippen LogP contribution is -2.19. The molecule has 1 amide bonds. The summed E-state index contributed by atoms with van der Waals surface area (Å²) < 4.78 is 15.9. The number of hydrogen-bond donors (Lipinski definition) is 2. The van der Waals surface area contributed by atoms with Crippen LogP contribution in [0.25, 0.3) is 0 Å². The summed E-state index contributed by atoms with van der Waals surface area (Å²) in [5.74, 6) is -0.0295. The van der Waals surface area contributed by atoms with Crippen molar-refractivity contribution in [1.29, 1.82) is 0 Å². The van der Waals surface area contributed by atoms with E-state index >= 15 is 0 Å². The predicted octanol–water partition coefficient (Wildman–Crippen LogP) is 1.85. The number of amides is 1. The molecule has 2 N–H and O–H groups in total. The van der Waals surface area contributed by atoms with Gasteiger partial charge in [-0.1, -0.05) is 6.07 Å². The van der Waals surface area contributed by atoms with Crippen molar-refractivity contribution < 1.29 is 28.6 Å². The fourth-order valence-corrected chi connectivity index (χ4v) is 1.93. The Morgan fingerprint density at radius 1 is 1.22 bits per heavy atom. The van der Waals surface area contributed by atoms with Crippen LogP contribution in [0.4, 0.5) is 0 Å². The molecule has 7 heteroatoms. The zero-order valence-corrected chi connectivity index (χ0v) is 12.8. The van der Waals surface area contributed by atoms with Crippen LogP contribution in [0.5, 0.6) is 11.5 Å². The maximum atomic E-state index is 11.4. The number of furan rings is 1. The molecule has 2 aromatic rings. The summed E-state index contributed by atoms with van der Waals surface area (Å²) in [7, 11) is 3.08. The molecule has 0 saturated heterocycles. The van der Waals surface area contributed by atoms with Crippen LogP contribution in [-0.2, 0) is 17.8 Å². The fourth-order valence-electron chi connectivity index (χ4n) is 1.93. The third-order valence-electron chi connectivity index (χ3n) is 3.11. The van der Waals surface area contributed by atoms with E-state index in [2.05, 4.69) is 5.32 Å². The predicted molar refractivity (Wildman–Crippen MR) is 80.8 cm³/mol. The SMILES string of the molecule is CNC(=O)Cc1ccc(OCc2ccc(C(=O)O)o2)c(OC)c1. The van der Waals surface area contributed by atoms with Gasteiger partial charge in [0.05, 0.1) is 13.5 Å². The number of carboxylic acid groups (broad SMARTS) is 1. The van der Waals surface area contributed by atoms with Crippen molar-refractivity contribution in [3.8, 4) is 11.5 Å². The number of methoxy groups -OCH3 is 1. The molecular weight excluding hydrogens is 302 g/mol. The molecule has 0 aliphatic rings. The molecule has 0 atom stereocenters. The van der Waals surface area contributed by atoms with E-state index in [-0.39, 0.29) is 24.7 Å². The molecule has 1 aromatic heterocycles. The summed E-state index contributed by atoms with van der Waals surface area (Å²) in [6, 6.07) is 8.08. The fraction of sp³-hybridized carbons (Fsp3) is 0.250. The van der Waals surface area contributed by atoms with Crippen molar-refractivity contribution in [2.24, 2.45) is 0 Å². The minimum Gasteiger partial charge on any atom is -0.493 e. The molecular formula is C16H17NO6. The van der Waals surface area contributed by atoms with Crippen LogP contribution in [0.15, 0.2) is 34.7 Å². The van der Waals surface area contributed by atoms with E-state index in [1.807, 2.05) is 0 Å². The van der Waals surface area contributed by atoms with Gasteiger partial charge in [-0.05, 0) is 29.8 Å². The van der Waals surface area contributed by atoms with E-state index in [0.29, 0.717) is 17.3 Å². The Bertz CT molecular complexity index is 706. The number of carboxylic acids is 1. The van der Waals surface area contributed by atoms with Gasteiger partial charge in [-0.25, -0.2) is 4.79 Å². The highest BCUT2D eigenvalue weighted by Gasteiger charge is 2.12. The topological polar surface area (TPSA) is 98.0 Å². The highest BCUT2D eigenvalue weighted by molar-refractivity contribution is 5.84. The van der Waals surface area contributed by atoms with Crippen LogP contribution in [0, 0.1) is 0 Å². The highest BCUT2D eigenvalue weighted by Crippen LogP contribution is 2.29. The van der Waals surface area contributed by atoms with E-state index < -0.39 is 5.97 Å². The molecule has 0 aliphatic carbocycles. The zero-order chi connectivity index (χ0) is 16.8. The first kappa shape index (κ1) is 16.4. The Labute approximate surface area is 132 Å². The quantitative estimate of drug-likeness (QED) is 0.808. The number of rotatable bonds is 7. The molecule has 122 valence electrons. The summed E-state index contributed by atoms with van der Waals surface area (Å²) in [4.78, 5) is 22.1. The number of likely N-dealkylation sites (N-methyl/N-ethyl adjacent to an activating group) is 1. The van der Waals surface area contributed by atoms with Gasteiger partial charge in [0.25, 0.3) is 0 Å². The summed E-state index contributed by atoms with van der Waals surface area (Å²) in [5, 5.41) is 11.4. The molecule has 1 heterocycles. The van der Waals surface area contributed by atoms with Crippen molar-refractivity contribution in [3.05, 3.63) is 47.4 Å². The second-order valence-corrected chi connectivity index (χ2v) is 4.69. The molecule has 0 fully saturated rings. The number of hydrogen-bond acceptors (Lipinski definition) is 5. The maximum absolute atomic E-state index is 11.4. The first-order valence-corrected chi connectivity index (χ1v) is 6.85. The molecule has 1 aromatic carbocycles. The van der Waals surface area contributed by atoms with Crippen molar-refractivity contribution in [3.63, 3.8) is 0 Å². The third-order valence-corrected chi connectivity index (χ3v) is 3.11. The molecule has 0 radical (unpaired) electrons. The summed E-state index contributed by atoms with van der Waals surface area (Å²) in [5.41, 5.74) is 0.791. The molecule has 2 rings (SSSR count). The van der Waals surface area contributed by atoms with Crippen LogP contribution in [0.3, 0.4) is 0 Å². The number of carbonyl (C=O) groups excluding carboxylic acids is 1. The lowest BCUT2D eigenvalue weighted by molar-refractivity contribution is -0.119. The smallest absolute Gasteiger partial charge is 0.371 e. The van der Waals surface area contributed by atoms with Gasteiger partial charge < -0.3 is 24.3 Å². The second-order valence-electron chi connectivity index (χ2n) is 4.69. The monoisotopic (exact) mass is 319 g/mol. The van der Waals surface area contributed by atoms with Crippen LogP contribution in [0.1, 0.15) is 21.9 Å². The molecule has 0 unspecified atom stereocenters. The van der Waals surface area contributed by atoms with E-state index in [0.717, 1.165) is 5.56 Å². The average Bonchev–Trinajstić information content (AvgIpc) is 3.02. The highest BCUT2D eigenvalue weighted by atomic mass is 16.5. The van der Waals surface area contributed by atoms with Crippen molar-refractivity contribution in [1.82, 2.24) is 5.32 Å². The van der Waals surface area contributed by atoms with Gasteiger partial charge in [-0.15, -0.1) is 0 Å². The summed E-state index contributed by atoms with van der Waals surface area (Å²) in [6.45, 7) is 0.0679. The van der Waals surface area contributed by atoms with E-state index in [1.54, 1.807) is 25.2 Å². The van der Waals surface area contributed by atoms with Gasteiger partial charge >= 0.3 is 5.97 Å². The Balaban J connectivity index is 2.06. The maximum Gasteiger partial charge on any atom is 0.371 e. The van der Waals surface area contributed by atoms with Gasteiger partial charge in [-0.2, -0.15) is 0 Å². The number of carbonyl (C=O) groups is 2. The number of nitrogens with one attached hydrogen (secondary N) is 1. The van der Waals surface area contributed by atoms with Crippen molar-refractivity contribution in [2.75, 3.05) is 14.2 Å². The van der Waals surface area contributed by atoms with E-state index in [1.165, 1.54) is 19.2 Å². The van der Waals surface area contributed by atoms with Crippen LogP contribution < -0.4 is 14.8 Å². The number of benzene rings is 1. The first-order chi connectivity index (χ1) is 11.0. The second kappa shape index (κ2) is 7.35. The van der Waals surface area contributed by atoms with Crippen LogP contribution in [-0.4, -0.2) is 31.1 Å². The standard InChI is InChI=1S/C16H17NO6/c1-17-15(18)8-10-3-5-12(14(7-10)21-2)22-9-11-4-6-13(23-11)16(19)20/h3-7H,8-9H2,1-2H3,(H,17,18)(H,19,20). The normalized spacial score (nSPS) is 10.2.